The van der Waals surface area contributed by atoms with Crippen LogP contribution in [0.15, 0.2) is 41.8 Å². The number of nitrogens with zero attached hydrogens (tertiary/aromatic N) is 4. The first-order valence-electron chi connectivity index (χ1n) is 9.70. The summed E-state index contributed by atoms with van der Waals surface area (Å²) >= 11 is 1.75. The summed E-state index contributed by atoms with van der Waals surface area (Å²) < 4.78 is 0. The van der Waals surface area contributed by atoms with E-state index in [2.05, 4.69) is 27.0 Å². The number of anilines is 2. The molecule has 30 heavy (non-hydrogen) atoms. The Morgan fingerprint density at radius 1 is 1.13 bits per heavy atom. The first kappa shape index (κ1) is 20.0. The summed E-state index contributed by atoms with van der Waals surface area (Å²) in [4.78, 5) is 30.8. The molecule has 0 aliphatic carbocycles. The molecule has 0 radical (unpaired) electrons. The molecule has 0 fully saturated rings. The maximum Gasteiger partial charge on any atom is 0.276 e. The largest absolute Gasteiger partial charge is 0.361 e. The fourth-order valence-corrected chi connectivity index (χ4v) is 4.36. The molecule has 0 spiro atoms. The van der Waals surface area contributed by atoms with Crippen LogP contribution in [0.4, 0.5) is 11.5 Å². The minimum atomic E-state index is -0.360. The quantitative estimate of drug-likeness (QED) is 0.699. The van der Waals surface area contributed by atoms with E-state index in [9.17, 15) is 9.59 Å². The predicted octanol–water partition coefficient (Wildman–Crippen LogP) is 3.36. The molecule has 154 valence electrons. The Balaban J connectivity index is 1.51. The van der Waals surface area contributed by atoms with E-state index in [-0.39, 0.29) is 17.5 Å². The van der Waals surface area contributed by atoms with E-state index in [1.165, 1.54) is 10.4 Å². The Morgan fingerprint density at radius 3 is 2.70 bits per heavy atom. The molecule has 1 aliphatic heterocycles. The molecule has 0 saturated heterocycles. The summed E-state index contributed by atoms with van der Waals surface area (Å²) in [6.45, 7) is 3.18. The normalized spacial score (nSPS) is 13.0. The zero-order chi connectivity index (χ0) is 21.3. The number of nitrogens with one attached hydrogen (secondary N) is 1. The molecule has 2 amide bonds. The van der Waals surface area contributed by atoms with Crippen LogP contribution in [0.25, 0.3) is 0 Å². The first-order chi connectivity index (χ1) is 14.4. The van der Waals surface area contributed by atoms with Gasteiger partial charge in [0.05, 0.1) is 0 Å². The van der Waals surface area contributed by atoms with Gasteiger partial charge in [-0.2, -0.15) is 0 Å². The van der Waals surface area contributed by atoms with Gasteiger partial charge in [0.2, 0.25) is 0 Å². The zero-order valence-electron chi connectivity index (χ0n) is 17.2. The van der Waals surface area contributed by atoms with Crippen LogP contribution in [0.5, 0.6) is 0 Å². The summed E-state index contributed by atoms with van der Waals surface area (Å²) in [7, 11) is 3.72. The van der Waals surface area contributed by atoms with Crippen molar-refractivity contribution in [2.45, 2.75) is 19.9 Å². The van der Waals surface area contributed by atoms with Crippen LogP contribution in [0.2, 0.25) is 0 Å². The number of benzene rings is 1. The molecule has 0 bridgehead atoms. The van der Waals surface area contributed by atoms with E-state index < -0.39 is 0 Å². The van der Waals surface area contributed by atoms with Gasteiger partial charge in [0.25, 0.3) is 11.8 Å². The molecule has 2 aromatic heterocycles. The van der Waals surface area contributed by atoms with Crippen molar-refractivity contribution in [3.63, 3.8) is 0 Å². The third-order valence-corrected chi connectivity index (χ3v) is 6.27. The van der Waals surface area contributed by atoms with Crippen molar-refractivity contribution in [3.05, 3.63) is 69.0 Å². The smallest absolute Gasteiger partial charge is 0.276 e. The average Bonchev–Trinajstić information content (AvgIpc) is 3.22. The summed E-state index contributed by atoms with van der Waals surface area (Å²) in [5, 5.41) is 13.0. The number of rotatable bonds is 4. The van der Waals surface area contributed by atoms with Gasteiger partial charge >= 0.3 is 0 Å². The van der Waals surface area contributed by atoms with Gasteiger partial charge in [-0.3, -0.25) is 9.59 Å². The fraction of sp³-hybridized carbons (Fsp3) is 0.273. The van der Waals surface area contributed by atoms with Crippen molar-refractivity contribution < 1.29 is 9.59 Å². The predicted molar refractivity (Wildman–Crippen MR) is 118 cm³/mol. The molecular weight excluding hydrogens is 398 g/mol. The molecule has 0 saturated carbocycles. The fourth-order valence-electron chi connectivity index (χ4n) is 3.47. The standard InChI is InChI=1S/C22H23N5O2S/c1-14-16(22(29)27-11-9-19-15(13-27)10-12-30-19)5-4-6-17(14)23-21(28)18-7-8-20(25-24-18)26(2)3/h4-8,10,12H,9,11,13H2,1-3H3,(H,23,28). The van der Waals surface area contributed by atoms with Gasteiger partial charge in [-0.1, -0.05) is 6.07 Å². The van der Waals surface area contributed by atoms with Crippen molar-refractivity contribution in [2.24, 2.45) is 0 Å². The second-order valence-electron chi connectivity index (χ2n) is 7.45. The van der Waals surface area contributed by atoms with Crippen LogP contribution in [0, 0.1) is 6.92 Å². The topological polar surface area (TPSA) is 78.4 Å². The summed E-state index contributed by atoms with van der Waals surface area (Å²) in [5.41, 5.74) is 3.38. The Bertz CT molecular complexity index is 1090. The Labute approximate surface area is 179 Å². The molecule has 3 heterocycles. The monoisotopic (exact) mass is 421 g/mol. The highest BCUT2D eigenvalue weighted by molar-refractivity contribution is 7.10. The molecule has 8 heteroatoms. The van der Waals surface area contributed by atoms with Gasteiger partial charge in [-0.25, -0.2) is 0 Å². The minimum absolute atomic E-state index is 0.0180. The number of carbonyl (C=O) groups is 2. The molecule has 0 unspecified atom stereocenters. The SMILES string of the molecule is Cc1c(NC(=O)c2ccc(N(C)C)nn2)cccc1C(=O)N1CCc2sccc2C1. The van der Waals surface area contributed by atoms with Crippen molar-refractivity contribution in [2.75, 3.05) is 30.9 Å². The highest BCUT2D eigenvalue weighted by atomic mass is 32.1. The Morgan fingerprint density at radius 2 is 1.97 bits per heavy atom. The molecule has 1 aliphatic rings. The van der Waals surface area contributed by atoms with Gasteiger partial charge in [0.1, 0.15) is 0 Å². The molecule has 0 atom stereocenters. The number of amides is 2. The van der Waals surface area contributed by atoms with Crippen molar-refractivity contribution >= 4 is 34.7 Å². The lowest BCUT2D eigenvalue weighted by Crippen LogP contribution is -2.35. The van der Waals surface area contributed by atoms with Crippen LogP contribution in [-0.2, 0) is 13.0 Å². The van der Waals surface area contributed by atoms with E-state index >= 15 is 0 Å². The van der Waals surface area contributed by atoms with Crippen molar-refractivity contribution in [1.82, 2.24) is 15.1 Å². The van der Waals surface area contributed by atoms with Gasteiger partial charge < -0.3 is 15.1 Å². The third kappa shape index (κ3) is 3.91. The number of fused-ring (bicyclic) bond motifs is 1. The van der Waals surface area contributed by atoms with Crippen LogP contribution >= 0.6 is 11.3 Å². The number of aromatic nitrogens is 2. The molecule has 7 nitrogen and oxygen atoms in total. The highest BCUT2D eigenvalue weighted by Gasteiger charge is 2.24. The van der Waals surface area contributed by atoms with Crippen LogP contribution in [0.1, 0.15) is 36.9 Å². The Hall–Kier alpha value is -3.26. The third-order valence-electron chi connectivity index (χ3n) is 5.25. The second kappa shape index (κ2) is 8.23. The van der Waals surface area contributed by atoms with E-state index in [1.54, 1.807) is 35.6 Å². The zero-order valence-corrected chi connectivity index (χ0v) is 18.0. The van der Waals surface area contributed by atoms with E-state index in [4.69, 9.17) is 0 Å². The van der Waals surface area contributed by atoms with Crippen LogP contribution in [-0.4, -0.2) is 47.6 Å². The maximum atomic E-state index is 13.2. The van der Waals surface area contributed by atoms with E-state index in [1.807, 2.05) is 36.9 Å². The van der Waals surface area contributed by atoms with Gasteiger partial charge in [-0.15, -0.1) is 21.5 Å². The lowest BCUT2D eigenvalue weighted by atomic mass is 10.0. The minimum Gasteiger partial charge on any atom is -0.361 e. The molecule has 3 aromatic rings. The summed E-state index contributed by atoms with van der Waals surface area (Å²) in [6.07, 6.45) is 0.885. The first-order valence-corrected chi connectivity index (χ1v) is 10.6. The number of carbonyl (C=O) groups excluding carboxylic acids is 2. The average molecular weight is 422 g/mol. The maximum absolute atomic E-state index is 13.2. The van der Waals surface area contributed by atoms with Crippen molar-refractivity contribution in [1.29, 1.82) is 0 Å². The molecule has 1 N–H and O–H groups in total. The molecule has 1 aromatic carbocycles. The van der Waals surface area contributed by atoms with Crippen LogP contribution in [0.3, 0.4) is 0 Å². The summed E-state index contributed by atoms with van der Waals surface area (Å²) in [6, 6.07) is 10.8. The molecule has 4 rings (SSSR count). The van der Waals surface area contributed by atoms with Gasteiger partial charge in [0.15, 0.2) is 11.5 Å². The van der Waals surface area contributed by atoms with E-state index in [0.29, 0.717) is 30.2 Å². The Kier molecular flexibility index (Phi) is 5.50. The number of hydrogen-bond acceptors (Lipinski definition) is 6. The van der Waals surface area contributed by atoms with Gasteiger partial charge in [-0.05, 0) is 60.2 Å². The van der Waals surface area contributed by atoms with E-state index in [0.717, 1.165) is 12.0 Å². The lowest BCUT2D eigenvalue weighted by molar-refractivity contribution is 0.0735. The number of hydrogen-bond donors (Lipinski definition) is 1. The lowest BCUT2D eigenvalue weighted by Gasteiger charge is -2.28. The second-order valence-corrected chi connectivity index (χ2v) is 8.45. The van der Waals surface area contributed by atoms with Crippen molar-refractivity contribution in [3.8, 4) is 0 Å². The van der Waals surface area contributed by atoms with Crippen LogP contribution < -0.4 is 10.2 Å². The summed E-state index contributed by atoms with van der Waals surface area (Å²) in [5.74, 6) is 0.294. The molecular formula is C22H23N5O2S. The van der Waals surface area contributed by atoms with Gasteiger partial charge in [0, 0.05) is 43.3 Å². The highest BCUT2D eigenvalue weighted by Crippen LogP contribution is 2.27. The number of thiophene rings is 1.